The fraction of sp³-hybridized carbons (Fsp3) is 0.188. The lowest BCUT2D eigenvalue weighted by molar-refractivity contribution is -0.115. The molecule has 2 heterocycles. The summed E-state index contributed by atoms with van der Waals surface area (Å²) < 4.78 is 4.97. The Bertz CT molecular complexity index is 730. The number of thioether (sulfide) groups is 1. The zero-order valence-electron chi connectivity index (χ0n) is 13.2. The highest BCUT2D eigenvalue weighted by Gasteiger charge is 2.30. The molecule has 8 heteroatoms. The van der Waals surface area contributed by atoms with Crippen molar-refractivity contribution in [2.24, 2.45) is 5.10 Å². The summed E-state index contributed by atoms with van der Waals surface area (Å²) in [6, 6.07) is 9.94. The summed E-state index contributed by atoms with van der Waals surface area (Å²) >= 11 is 7.09. The van der Waals surface area contributed by atoms with E-state index in [9.17, 15) is 9.59 Å². The van der Waals surface area contributed by atoms with E-state index in [2.05, 4.69) is 10.5 Å². The van der Waals surface area contributed by atoms with Crippen LogP contribution in [-0.2, 0) is 4.79 Å². The van der Waals surface area contributed by atoms with Crippen LogP contribution in [0.15, 0.2) is 52.2 Å². The topological polar surface area (TPSA) is 74.9 Å². The molecule has 0 radical (unpaired) electrons. The van der Waals surface area contributed by atoms with Gasteiger partial charge < -0.3 is 4.42 Å². The van der Waals surface area contributed by atoms with E-state index in [1.807, 2.05) is 13.8 Å². The average molecular weight is 366 g/mol. The lowest BCUT2D eigenvalue weighted by Crippen LogP contribution is -2.31. The molecule has 1 fully saturated rings. The summed E-state index contributed by atoms with van der Waals surface area (Å²) in [5, 5.41) is 4.97. The van der Waals surface area contributed by atoms with Crippen LogP contribution in [0.1, 0.15) is 24.4 Å². The number of nitrogens with zero attached hydrogens (tertiary/aromatic N) is 2. The number of hydrogen-bond acceptors (Lipinski definition) is 5. The van der Waals surface area contributed by atoms with Gasteiger partial charge in [-0.15, -0.1) is 5.10 Å². The second kappa shape index (κ2) is 8.56. The molecule has 1 saturated heterocycles. The first-order valence-corrected chi connectivity index (χ1v) is 8.64. The molecular weight excluding hydrogens is 350 g/mol. The SMILES string of the molecule is CC.O=C(NN=C1SCC(=O)N1c1ccc(Cl)cc1)c1ccco1. The zero-order valence-corrected chi connectivity index (χ0v) is 14.7. The first-order chi connectivity index (χ1) is 11.6. The fourth-order valence-electron chi connectivity index (χ4n) is 1.85. The van der Waals surface area contributed by atoms with Gasteiger partial charge in [-0.05, 0) is 36.4 Å². The average Bonchev–Trinajstić information content (AvgIpc) is 3.26. The second-order valence-corrected chi connectivity index (χ2v) is 5.69. The summed E-state index contributed by atoms with van der Waals surface area (Å²) in [6.07, 6.45) is 1.40. The molecule has 0 unspecified atom stereocenters. The minimum Gasteiger partial charge on any atom is -0.459 e. The quantitative estimate of drug-likeness (QED) is 0.841. The molecule has 0 spiro atoms. The van der Waals surface area contributed by atoms with Crippen molar-refractivity contribution < 1.29 is 14.0 Å². The van der Waals surface area contributed by atoms with Gasteiger partial charge in [0.05, 0.1) is 17.7 Å². The molecule has 0 bridgehead atoms. The van der Waals surface area contributed by atoms with Crippen LogP contribution < -0.4 is 10.3 Å². The first kappa shape index (κ1) is 18.1. The molecule has 2 amide bonds. The summed E-state index contributed by atoms with van der Waals surface area (Å²) in [5.74, 6) is -0.179. The molecule has 126 valence electrons. The Hall–Kier alpha value is -2.25. The first-order valence-electron chi connectivity index (χ1n) is 7.28. The lowest BCUT2D eigenvalue weighted by Gasteiger charge is -2.15. The van der Waals surface area contributed by atoms with Gasteiger partial charge in [0.15, 0.2) is 10.9 Å². The minimum absolute atomic E-state index is 0.113. The normalized spacial score (nSPS) is 15.2. The number of furan rings is 1. The van der Waals surface area contributed by atoms with Crippen molar-refractivity contribution in [1.29, 1.82) is 0 Å². The maximum Gasteiger partial charge on any atom is 0.307 e. The predicted molar refractivity (Wildman–Crippen MR) is 96.4 cm³/mol. The molecule has 0 atom stereocenters. The number of hydrazone groups is 1. The maximum absolute atomic E-state index is 12.0. The lowest BCUT2D eigenvalue weighted by atomic mass is 10.3. The molecule has 24 heavy (non-hydrogen) atoms. The van der Waals surface area contributed by atoms with Crippen LogP contribution in [0.4, 0.5) is 5.69 Å². The van der Waals surface area contributed by atoms with Crippen LogP contribution in [0.3, 0.4) is 0 Å². The zero-order chi connectivity index (χ0) is 17.5. The van der Waals surface area contributed by atoms with Crippen molar-refractivity contribution in [1.82, 2.24) is 5.43 Å². The van der Waals surface area contributed by atoms with E-state index < -0.39 is 5.91 Å². The molecular formula is C16H16ClN3O3S. The Labute approximate surface area is 148 Å². The second-order valence-electron chi connectivity index (χ2n) is 4.31. The molecule has 6 nitrogen and oxygen atoms in total. The molecule has 1 aliphatic heterocycles. The molecule has 3 rings (SSSR count). The van der Waals surface area contributed by atoms with Crippen LogP contribution in [0.2, 0.25) is 5.02 Å². The maximum atomic E-state index is 12.0. The van der Waals surface area contributed by atoms with Crippen LogP contribution in [0, 0.1) is 0 Å². The van der Waals surface area contributed by atoms with Gasteiger partial charge in [0.1, 0.15) is 0 Å². The number of amidine groups is 1. The number of anilines is 1. The van der Waals surface area contributed by atoms with Crippen molar-refractivity contribution in [3.8, 4) is 0 Å². The number of halogens is 1. The van der Waals surface area contributed by atoms with E-state index >= 15 is 0 Å². The van der Waals surface area contributed by atoms with Crippen LogP contribution in [-0.4, -0.2) is 22.7 Å². The van der Waals surface area contributed by atoms with E-state index in [0.717, 1.165) is 0 Å². The minimum atomic E-state index is -0.478. The summed E-state index contributed by atoms with van der Waals surface area (Å²) in [6.45, 7) is 4.00. The van der Waals surface area contributed by atoms with Gasteiger partial charge in [0.2, 0.25) is 5.91 Å². The van der Waals surface area contributed by atoms with Crippen molar-refractivity contribution in [2.45, 2.75) is 13.8 Å². The number of carbonyl (C=O) groups is 2. The number of hydrogen-bond donors (Lipinski definition) is 1. The highest BCUT2D eigenvalue weighted by Crippen LogP contribution is 2.27. The number of nitrogens with one attached hydrogen (secondary N) is 1. The Morgan fingerprint density at radius 1 is 1.29 bits per heavy atom. The predicted octanol–water partition coefficient (Wildman–Crippen LogP) is 3.74. The van der Waals surface area contributed by atoms with Gasteiger partial charge in [0, 0.05) is 5.02 Å². The van der Waals surface area contributed by atoms with Crippen molar-refractivity contribution in [3.63, 3.8) is 0 Å². The van der Waals surface area contributed by atoms with E-state index in [1.165, 1.54) is 29.0 Å². The molecule has 2 aromatic rings. The molecule has 1 N–H and O–H groups in total. The van der Waals surface area contributed by atoms with Gasteiger partial charge in [-0.3, -0.25) is 14.5 Å². The van der Waals surface area contributed by atoms with E-state index in [4.69, 9.17) is 16.0 Å². The molecule has 0 aliphatic carbocycles. The van der Waals surface area contributed by atoms with Gasteiger partial charge >= 0.3 is 5.91 Å². The highest BCUT2D eigenvalue weighted by atomic mass is 35.5. The van der Waals surface area contributed by atoms with E-state index in [0.29, 0.717) is 15.9 Å². The number of rotatable bonds is 3. The van der Waals surface area contributed by atoms with Gasteiger partial charge in [-0.2, -0.15) is 0 Å². The molecule has 1 aliphatic rings. The van der Waals surface area contributed by atoms with Crippen LogP contribution >= 0.6 is 23.4 Å². The highest BCUT2D eigenvalue weighted by molar-refractivity contribution is 8.15. The van der Waals surface area contributed by atoms with E-state index in [1.54, 1.807) is 30.3 Å². The van der Waals surface area contributed by atoms with Crippen molar-refractivity contribution in [2.75, 3.05) is 10.7 Å². The number of amides is 2. The molecule has 1 aromatic carbocycles. The van der Waals surface area contributed by atoms with E-state index in [-0.39, 0.29) is 17.4 Å². The fourth-order valence-corrected chi connectivity index (χ4v) is 2.80. The Morgan fingerprint density at radius 2 is 2.00 bits per heavy atom. The number of benzene rings is 1. The van der Waals surface area contributed by atoms with Gasteiger partial charge in [0.25, 0.3) is 0 Å². The Morgan fingerprint density at radius 3 is 2.62 bits per heavy atom. The van der Waals surface area contributed by atoms with Gasteiger partial charge in [-0.25, -0.2) is 5.43 Å². The largest absolute Gasteiger partial charge is 0.459 e. The molecule has 1 aromatic heterocycles. The van der Waals surface area contributed by atoms with Crippen molar-refractivity contribution >= 4 is 46.0 Å². The Balaban J connectivity index is 0.00000100. The number of carbonyl (C=O) groups excluding carboxylic acids is 2. The van der Waals surface area contributed by atoms with Crippen molar-refractivity contribution in [3.05, 3.63) is 53.4 Å². The summed E-state index contributed by atoms with van der Waals surface area (Å²) in [7, 11) is 0. The summed E-state index contributed by atoms with van der Waals surface area (Å²) in [5.41, 5.74) is 3.02. The summed E-state index contributed by atoms with van der Waals surface area (Å²) in [4.78, 5) is 25.2. The van der Waals surface area contributed by atoms with Gasteiger partial charge in [-0.1, -0.05) is 37.2 Å². The van der Waals surface area contributed by atoms with Crippen LogP contribution in [0.25, 0.3) is 0 Å². The third-order valence-corrected chi connectivity index (χ3v) is 4.02. The monoisotopic (exact) mass is 365 g/mol. The third kappa shape index (κ3) is 4.18. The van der Waals surface area contributed by atoms with Crippen LogP contribution in [0.5, 0.6) is 0 Å². The standard InChI is InChI=1S/C14H10ClN3O3S.C2H6/c15-9-3-5-10(6-4-9)18-12(19)8-22-14(18)17-16-13(20)11-2-1-7-21-11;1-2/h1-7H,8H2,(H,16,20);1-2H3. The smallest absolute Gasteiger partial charge is 0.307 e. The molecule has 0 saturated carbocycles. The third-order valence-electron chi connectivity index (χ3n) is 2.85. The Kier molecular flexibility index (Phi) is 6.45.